The molecule has 4 heteroatoms. The van der Waals surface area contributed by atoms with Crippen LogP contribution >= 0.6 is 0 Å². The Morgan fingerprint density at radius 2 is 0.222 bits per heavy atom. The van der Waals surface area contributed by atoms with Crippen molar-refractivity contribution in [2.75, 3.05) is 0 Å². The second-order valence-corrected chi connectivity index (χ2v) is 4.95. The molecular formula is C14H28N4. The second-order valence-electron chi connectivity index (χ2n) is 4.95. The molecular weight excluding hydrogens is 224 g/mol. The Balaban J connectivity index is -0.000000245. The van der Waals surface area contributed by atoms with Crippen molar-refractivity contribution in [1.29, 1.82) is 0 Å². The number of rotatable bonds is 0. The van der Waals surface area contributed by atoms with E-state index in [1.54, 1.807) is 0 Å². The molecule has 1 fully saturated rings. The Kier molecular flexibility index (Phi) is 32.4. The van der Waals surface area contributed by atoms with Gasteiger partial charge in [-0.3, -0.25) is 0 Å². The van der Waals surface area contributed by atoms with Gasteiger partial charge in [-0.2, -0.15) is 0 Å². The van der Waals surface area contributed by atoms with E-state index in [4.69, 9.17) is 0 Å². The minimum absolute atomic E-state index is 0. The van der Waals surface area contributed by atoms with Crippen molar-refractivity contribution in [3.05, 3.63) is 0 Å². The molecule has 0 aromatic rings. The molecule has 12 radical (unpaired) electrons. The minimum atomic E-state index is 0. The number of hydrogen-bond acceptors (Lipinski definition) is 0. The van der Waals surface area contributed by atoms with Crippen LogP contribution in [0.3, 0.4) is 0 Å². The Labute approximate surface area is 115 Å². The van der Waals surface area contributed by atoms with Crippen molar-refractivity contribution < 1.29 is 0 Å². The van der Waals surface area contributed by atoms with Gasteiger partial charge in [0.2, 0.25) is 0 Å². The highest BCUT2D eigenvalue weighted by Crippen LogP contribution is 2.16. The van der Waals surface area contributed by atoms with E-state index in [1.807, 2.05) is 0 Å². The lowest BCUT2D eigenvalue weighted by atomic mass is 10.0. The molecule has 4 nitrogen and oxygen atoms in total. The molecule has 0 N–H and O–H groups in total. The van der Waals surface area contributed by atoms with Crippen LogP contribution < -0.4 is 24.6 Å². The van der Waals surface area contributed by atoms with Crippen LogP contribution in [0.5, 0.6) is 0 Å². The third-order valence-electron chi connectivity index (χ3n) is 3.50. The van der Waals surface area contributed by atoms with Crippen LogP contribution in [0.4, 0.5) is 0 Å². The first-order valence-corrected chi connectivity index (χ1v) is 7.00. The lowest BCUT2D eigenvalue weighted by Gasteiger charge is -2.05. The molecule has 0 saturated heterocycles. The lowest BCUT2D eigenvalue weighted by Crippen LogP contribution is -1.85. The van der Waals surface area contributed by atoms with Crippen LogP contribution in [0.2, 0.25) is 0 Å². The summed E-state index contributed by atoms with van der Waals surface area (Å²) in [4.78, 5) is 0. The standard InChI is InChI=1S/C14H28.4N/c1-2-4-6-8-10-12-14-13-11-9-7-5-3-1;;;;/h1-14H2;;;;. The maximum Gasteiger partial charge on any atom is 0 e. The maximum atomic E-state index is 1.50. The molecule has 0 aromatic carbocycles. The van der Waals surface area contributed by atoms with Crippen molar-refractivity contribution in [3.8, 4) is 0 Å². The van der Waals surface area contributed by atoms with Gasteiger partial charge in [-0.05, 0) is 0 Å². The fourth-order valence-corrected chi connectivity index (χ4v) is 2.47. The lowest BCUT2D eigenvalue weighted by molar-refractivity contribution is 0.504. The summed E-state index contributed by atoms with van der Waals surface area (Å²) in [6, 6.07) is 0. The third-order valence-corrected chi connectivity index (χ3v) is 3.50. The average molecular weight is 252 g/mol. The van der Waals surface area contributed by atoms with Crippen LogP contribution in [0, 0.1) is 0 Å². The van der Waals surface area contributed by atoms with Crippen LogP contribution in [0.15, 0.2) is 0 Å². The van der Waals surface area contributed by atoms with Crippen molar-refractivity contribution in [1.82, 2.24) is 24.6 Å². The normalized spacial score (nSPS) is 18.7. The van der Waals surface area contributed by atoms with E-state index in [-0.39, 0.29) is 24.6 Å². The van der Waals surface area contributed by atoms with E-state index in [0.717, 1.165) is 0 Å². The molecule has 0 bridgehead atoms. The topological polar surface area (TPSA) is 122 Å². The zero-order valence-electron chi connectivity index (χ0n) is 11.7. The molecule has 0 spiro atoms. The Morgan fingerprint density at radius 3 is 0.278 bits per heavy atom. The second kappa shape index (κ2) is 22.1. The first kappa shape index (κ1) is 26.4. The van der Waals surface area contributed by atoms with E-state index in [2.05, 4.69) is 0 Å². The molecule has 1 saturated carbocycles. The van der Waals surface area contributed by atoms with E-state index in [9.17, 15) is 0 Å². The Morgan fingerprint density at radius 1 is 0.167 bits per heavy atom. The molecule has 0 amide bonds. The monoisotopic (exact) mass is 252 g/mol. The van der Waals surface area contributed by atoms with Gasteiger partial charge in [0.05, 0.1) is 0 Å². The predicted octanol–water partition coefficient (Wildman–Crippen LogP) is 3.54. The van der Waals surface area contributed by atoms with Gasteiger partial charge in [0.25, 0.3) is 0 Å². The van der Waals surface area contributed by atoms with Crippen molar-refractivity contribution in [2.24, 2.45) is 0 Å². The molecule has 0 heterocycles. The first-order chi connectivity index (χ1) is 7.00. The zero-order valence-corrected chi connectivity index (χ0v) is 11.7. The van der Waals surface area contributed by atoms with Crippen molar-refractivity contribution >= 4 is 0 Å². The summed E-state index contributed by atoms with van der Waals surface area (Å²) < 4.78 is 0. The summed E-state index contributed by atoms with van der Waals surface area (Å²) in [5, 5.41) is 0. The highest BCUT2D eigenvalue weighted by atomic mass is 14.0. The highest BCUT2D eigenvalue weighted by Gasteiger charge is 1.96. The smallest absolute Gasteiger partial charge is 0 e. The van der Waals surface area contributed by atoms with Gasteiger partial charge in [0.1, 0.15) is 0 Å². The van der Waals surface area contributed by atoms with Gasteiger partial charge in [-0.15, -0.1) is 0 Å². The average Bonchev–Trinajstić information content (AvgIpc) is 2.22. The summed E-state index contributed by atoms with van der Waals surface area (Å²) >= 11 is 0. The van der Waals surface area contributed by atoms with Gasteiger partial charge in [-0.25, -0.2) is 0 Å². The first-order valence-electron chi connectivity index (χ1n) is 7.00. The van der Waals surface area contributed by atoms with Crippen LogP contribution in [0.25, 0.3) is 0 Å². The van der Waals surface area contributed by atoms with Crippen molar-refractivity contribution in [2.45, 2.75) is 89.9 Å². The molecule has 1 rings (SSSR count). The Bertz CT molecular complexity index is 67.1. The summed E-state index contributed by atoms with van der Waals surface area (Å²) in [6.07, 6.45) is 21.0. The van der Waals surface area contributed by atoms with Gasteiger partial charge in [0, 0.05) is 24.6 Å². The summed E-state index contributed by atoms with van der Waals surface area (Å²) in [6.45, 7) is 0. The van der Waals surface area contributed by atoms with Gasteiger partial charge >= 0.3 is 0 Å². The predicted molar refractivity (Wildman–Crippen MR) is 73.2 cm³/mol. The number of hydrogen-bond donors (Lipinski definition) is 0. The summed E-state index contributed by atoms with van der Waals surface area (Å²) in [5.74, 6) is 0. The van der Waals surface area contributed by atoms with Crippen LogP contribution in [-0.2, 0) is 0 Å². The maximum absolute atomic E-state index is 1.50. The molecule has 0 unspecified atom stereocenters. The highest BCUT2D eigenvalue weighted by molar-refractivity contribution is 4.51. The van der Waals surface area contributed by atoms with Gasteiger partial charge < -0.3 is 0 Å². The molecule has 18 heavy (non-hydrogen) atoms. The van der Waals surface area contributed by atoms with Gasteiger partial charge in [0.15, 0.2) is 0 Å². The fourth-order valence-electron chi connectivity index (χ4n) is 2.47. The minimum Gasteiger partial charge on any atom is -0.0533 e. The Hall–Kier alpha value is -0.160. The molecule has 1 aliphatic carbocycles. The number of nitrogens with zero attached hydrogens (tertiary/aromatic N) is 4. The fraction of sp³-hybridized carbons (Fsp3) is 1.00. The van der Waals surface area contributed by atoms with E-state index < -0.39 is 0 Å². The largest absolute Gasteiger partial charge is 0.0533 e. The zero-order chi connectivity index (χ0) is 9.90. The molecule has 104 valence electrons. The van der Waals surface area contributed by atoms with Crippen molar-refractivity contribution in [3.63, 3.8) is 0 Å². The SMILES string of the molecule is C1CCCCCCCCCCCCC1.[N].[N].[N].[N]. The molecule has 0 aliphatic heterocycles. The quantitative estimate of drug-likeness (QED) is 0.626. The molecule has 0 atom stereocenters. The van der Waals surface area contributed by atoms with E-state index >= 15 is 0 Å². The van der Waals surface area contributed by atoms with Crippen LogP contribution in [0.1, 0.15) is 89.9 Å². The van der Waals surface area contributed by atoms with E-state index in [0.29, 0.717) is 0 Å². The van der Waals surface area contributed by atoms with Gasteiger partial charge in [-0.1, -0.05) is 89.9 Å². The van der Waals surface area contributed by atoms with Crippen LogP contribution in [-0.4, -0.2) is 0 Å². The molecule has 1 aliphatic rings. The summed E-state index contributed by atoms with van der Waals surface area (Å²) in [7, 11) is 0. The summed E-state index contributed by atoms with van der Waals surface area (Å²) in [5.41, 5.74) is 0. The molecule has 0 aromatic heterocycles. The third kappa shape index (κ3) is 18.2. The van der Waals surface area contributed by atoms with E-state index in [1.165, 1.54) is 89.9 Å².